The first-order valence-corrected chi connectivity index (χ1v) is 4.80. The van der Waals surface area contributed by atoms with Crippen LogP contribution in [0.25, 0.3) is 0 Å². The Morgan fingerprint density at radius 1 is 1.71 bits per heavy atom. The maximum atomic E-state index is 8.47. The molecule has 1 fully saturated rings. The number of nitrogens with zero attached hydrogens (tertiary/aromatic N) is 3. The highest BCUT2D eigenvalue weighted by molar-refractivity contribution is 5.81. The fraction of sp³-hybridized carbons (Fsp3) is 0.556. The molecule has 0 bridgehead atoms. The van der Waals surface area contributed by atoms with Crippen LogP contribution in [0.15, 0.2) is 17.4 Å². The minimum atomic E-state index is 0.228. The lowest BCUT2D eigenvalue weighted by molar-refractivity contribution is 0.283. The normalized spacial score (nSPS) is 18.1. The third-order valence-electron chi connectivity index (χ3n) is 2.66. The van der Waals surface area contributed by atoms with Crippen LogP contribution in [0.4, 0.5) is 0 Å². The lowest BCUT2D eigenvalue weighted by Gasteiger charge is -2.27. The molecule has 0 aliphatic heterocycles. The second-order valence-electron chi connectivity index (χ2n) is 3.62. The van der Waals surface area contributed by atoms with Crippen molar-refractivity contribution in [2.24, 2.45) is 10.9 Å². The van der Waals surface area contributed by atoms with Gasteiger partial charge in [0.25, 0.3) is 0 Å². The first-order valence-electron chi connectivity index (χ1n) is 4.80. The maximum absolute atomic E-state index is 8.47. The highest BCUT2D eigenvalue weighted by Crippen LogP contribution is 2.31. The molecule has 14 heavy (non-hydrogen) atoms. The van der Waals surface area contributed by atoms with Gasteiger partial charge in [0.2, 0.25) is 0 Å². The van der Waals surface area contributed by atoms with Gasteiger partial charge in [0.15, 0.2) is 0 Å². The van der Waals surface area contributed by atoms with Gasteiger partial charge in [0.05, 0.1) is 12.5 Å². The number of amidine groups is 1. The van der Waals surface area contributed by atoms with E-state index in [1.165, 1.54) is 19.3 Å². The van der Waals surface area contributed by atoms with Crippen molar-refractivity contribution in [3.63, 3.8) is 0 Å². The van der Waals surface area contributed by atoms with Crippen LogP contribution in [0.1, 0.15) is 31.0 Å². The first-order chi connectivity index (χ1) is 6.81. The summed E-state index contributed by atoms with van der Waals surface area (Å²) in [5.41, 5.74) is 6.47. The van der Waals surface area contributed by atoms with Gasteiger partial charge in [-0.25, -0.2) is 0 Å². The van der Waals surface area contributed by atoms with Crippen LogP contribution in [0.2, 0.25) is 0 Å². The van der Waals surface area contributed by atoms with Crippen molar-refractivity contribution < 1.29 is 5.21 Å². The smallest absolute Gasteiger partial charge is 0.145 e. The largest absolute Gasteiger partial charge is 0.409 e. The average Bonchev–Trinajstić information content (AvgIpc) is 2.50. The molecule has 3 N–H and O–H groups in total. The van der Waals surface area contributed by atoms with Crippen molar-refractivity contribution in [1.82, 2.24) is 9.78 Å². The molecule has 0 atom stereocenters. The van der Waals surface area contributed by atoms with Crippen molar-refractivity contribution in [1.29, 1.82) is 0 Å². The molecule has 0 saturated heterocycles. The fourth-order valence-corrected chi connectivity index (χ4v) is 1.66. The lowest BCUT2D eigenvalue weighted by Crippen LogP contribution is -2.23. The highest BCUT2D eigenvalue weighted by Gasteiger charge is 2.22. The van der Waals surface area contributed by atoms with E-state index in [1.54, 1.807) is 6.20 Å². The Hall–Kier alpha value is -1.52. The molecule has 1 aromatic rings. The second kappa shape index (κ2) is 3.69. The van der Waals surface area contributed by atoms with E-state index in [4.69, 9.17) is 10.9 Å². The Morgan fingerprint density at radius 3 is 3.07 bits per heavy atom. The number of nitrogens with two attached hydrogens (primary N) is 1. The topological polar surface area (TPSA) is 76.4 Å². The standard InChI is InChI=1S/C9H14N4O/c10-9(12-14)6-8-4-5-11-13(8)7-2-1-3-7/h4-5,7,14H,1-3,6H2,(H2,10,12). The summed E-state index contributed by atoms with van der Waals surface area (Å²) in [4.78, 5) is 0. The molecule has 2 rings (SSSR count). The number of oxime groups is 1. The summed E-state index contributed by atoms with van der Waals surface area (Å²) < 4.78 is 1.99. The molecule has 1 aliphatic rings. The van der Waals surface area contributed by atoms with Crippen LogP contribution in [0.5, 0.6) is 0 Å². The van der Waals surface area contributed by atoms with Gasteiger partial charge in [0.1, 0.15) is 5.84 Å². The lowest BCUT2D eigenvalue weighted by atomic mass is 9.93. The molecule has 0 spiro atoms. The van der Waals surface area contributed by atoms with Gasteiger partial charge in [-0.15, -0.1) is 0 Å². The Balaban J connectivity index is 2.12. The monoisotopic (exact) mass is 194 g/mol. The summed E-state index contributed by atoms with van der Waals surface area (Å²) >= 11 is 0. The van der Waals surface area contributed by atoms with Crippen LogP contribution >= 0.6 is 0 Å². The van der Waals surface area contributed by atoms with E-state index in [9.17, 15) is 0 Å². The fourth-order valence-electron chi connectivity index (χ4n) is 1.66. The first kappa shape index (κ1) is 9.05. The molecule has 0 unspecified atom stereocenters. The molecule has 1 saturated carbocycles. The molecule has 5 heteroatoms. The molecule has 1 aliphatic carbocycles. The average molecular weight is 194 g/mol. The molecular formula is C9H14N4O. The maximum Gasteiger partial charge on any atom is 0.145 e. The van der Waals surface area contributed by atoms with E-state index >= 15 is 0 Å². The van der Waals surface area contributed by atoms with Crippen molar-refractivity contribution in [2.75, 3.05) is 0 Å². The summed E-state index contributed by atoms with van der Waals surface area (Å²) in [5.74, 6) is 0.228. The van der Waals surface area contributed by atoms with Gasteiger partial charge in [-0.2, -0.15) is 5.10 Å². The zero-order valence-electron chi connectivity index (χ0n) is 7.93. The molecule has 0 aromatic carbocycles. The summed E-state index contributed by atoms with van der Waals surface area (Å²) in [6.07, 6.45) is 5.87. The third kappa shape index (κ3) is 1.57. The number of hydrogen-bond acceptors (Lipinski definition) is 3. The van der Waals surface area contributed by atoms with Crippen molar-refractivity contribution >= 4 is 5.84 Å². The zero-order valence-corrected chi connectivity index (χ0v) is 7.93. The van der Waals surface area contributed by atoms with Crippen molar-refractivity contribution in [3.05, 3.63) is 18.0 Å². The molecule has 5 nitrogen and oxygen atoms in total. The molecule has 1 heterocycles. The van der Waals surface area contributed by atoms with E-state index < -0.39 is 0 Å². The van der Waals surface area contributed by atoms with Gasteiger partial charge < -0.3 is 10.9 Å². The van der Waals surface area contributed by atoms with Gasteiger partial charge >= 0.3 is 0 Å². The Bertz CT molecular complexity index is 340. The minimum Gasteiger partial charge on any atom is -0.409 e. The van der Waals surface area contributed by atoms with Crippen LogP contribution in [0, 0.1) is 0 Å². The number of rotatable bonds is 3. The summed E-state index contributed by atoms with van der Waals surface area (Å²) in [6, 6.07) is 2.43. The highest BCUT2D eigenvalue weighted by atomic mass is 16.4. The quantitative estimate of drug-likeness (QED) is 0.325. The van der Waals surface area contributed by atoms with Gasteiger partial charge in [0, 0.05) is 11.9 Å². The molecule has 0 amide bonds. The van der Waals surface area contributed by atoms with Crippen LogP contribution in [-0.2, 0) is 6.42 Å². The van der Waals surface area contributed by atoms with Gasteiger partial charge in [-0.1, -0.05) is 5.16 Å². The minimum absolute atomic E-state index is 0.228. The Labute approximate surface area is 82.2 Å². The van der Waals surface area contributed by atoms with E-state index in [1.807, 2.05) is 10.7 Å². The van der Waals surface area contributed by atoms with Crippen LogP contribution in [-0.4, -0.2) is 20.8 Å². The van der Waals surface area contributed by atoms with E-state index in [0.29, 0.717) is 12.5 Å². The zero-order chi connectivity index (χ0) is 9.97. The van der Waals surface area contributed by atoms with Crippen LogP contribution < -0.4 is 5.73 Å². The predicted octanol–water partition coefficient (Wildman–Crippen LogP) is 0.897. The summed E-state index contributed by atoms with van der Waals surface area (Å²) in [6.45, 7) is 0. The molecule has 76 valence electrons. The third-order valence-corrected chi connectivity index (χ3v) is 2.66. The Kier molecular flexibility index (Phi) is 2.39. The molecule has 1 aromatic heterocycles. The van der Waals surface area contributed by atoms with Crippen LogP contribution in [0.3, 0.4) is 0 Å². The molecular weight excluding hydrogens is 180 g/mol. The summed E-state index contributed by atoms with van der Waals surface area (Å²) in [7, 11) is 0. The second-order valence-corrected chi connectivity index (χ2v) is 3.62. The van der Waals surface area contributed by atoms with Gasteiger partial charge in [-0.05, 0) is 25.3 Å². The van der Waals surface area contributed by atoms with E-state index in [0.717, 1.165) is 5.69 Å². The number of aromatic nitrogens is 2. The number of hydrogen-bond donors (Lipinski definition) is 2. The Morgan fingerprint density at radius 2 is 2.50 bits per heavy atom. The van der Waals surface area contributed by atoms with Crippen molar-refractivity contribution in [3.8, 4) is 0 Å². The SMILES string of the molecule is N/C(Cc1ccnn1C1CCC1)=N\O. The predicted molar refractivity (Wildman–Crippen MR) is 52.2 cm³/mol. The summed E-state index contributed by atoms with van der Waals surface area (Å²) in [5, 5.41) is 15.7. The van der Waals surface area contributed by atoms with Gasteiger partial charge in [-0.3, -0.25) is 4.68 Å². The van der Waals surface area contributed by atoms with E-state index in [2.05, 4.69) is 10.3 Å². The van der Waals surface area contributed by atoms with Crippen molar-refractivity contribution in [2.45, 2.75) is 31.7 Å². The molecule has 0 radical (unpaired) electrons. The van der Waals surface area contributed by atoms with E-state index in [-0.39, 0.29) is 5.84 Å².